The molecule has 1 aliphatic heterocycles. The van der Waals surface area contributed by atoms with Gasteiger partial charge < -0.3 is 14.2 Å². The van der Waals surface area contributed by atoms with Crippen molar-refractivity contribution in [3.63, 3.8) is 0 Å². The van der Waals surface area contributed by atoms with E-state index in [0.717, 1.165) is 5.39 Å². The summed E-state index contributed by atoms with van der Waals surface area (Å²) >= 11 is 0. The first-order valence-corrected chi connectivity index (χ1v) is 7.71. The Balaban J connectivity index is 1.61. The molecule has 0 aliphatic carbocycles. The molecule has 1 aromatic heterocycles. The van der Waals surface area contributed by atoms with E-state index < -0.39 is 16.6 Å². The number of hydrogen-bond donors (Lipinski definition) is 0. The molecule has 0 fully saturated rings. The minimum atomic E-state index is -0.817. The zero-order valence-electron chi connectivity index (χ0n) is 13.4. The first-order valence-electron chi connectivity index (χ1n) is 7.71. The van der Waals surface area contributed by atoms with Crippen LogP contribution in [0.2, 0.25) is 0 Å². The maximum absolute atomic E-state index is 12.4. The third-order valence-electron chi connectivity index (χ3n) is 3.98. The van der Waals surface area contributed by atoms with Crippen LogP contribution < -0.4 is 9.47 Å². The number of nitro groups is 1. The number of ether oxygens (including phenoxy) is 3. The van der Waals surface area contributed by atoms with Crippen molar-refractivity contribution < 1.29 is 23.9 Å². The summed E-state index contributed by atoms with van der Waals surface area (Å²) in [5.41, 5.74) is 0.838. The number of rotatable bonds is 4. The van der Waals surface area contributed by atoms with E-state index >= 15 is 0 Å². The monoisotopic (exact) mass is 352 g/mol. The number of aromatic nitrogens is 1. The molecule has 0 N–H and O–H groups in total. The molecular weight excluding hydrogens is 340 g/mol. The molecule has 0 unspecified atom stereocenters. The summed E-state index contributed by atoms with van der Waals surface area (Å²) < 4.78 is 15.6. The van der Waals surface area contributed by atoms with Gasteiger partial charge in [0.2, 0.25) is 6.79 Å². The highest BCUT2D eigenvalue weighted by molar-refractivity contribution is 5.95. The fourth-order valence-corrected chi connectivity index (χ4v) is 2.75. The van der Waals surface area contributed by atoms with E-state index in [-0.39, 0.29) is 30.5 Å². The number of nitro benzene ring substituents is 1. The number of nitrogens with zero attached hydrogens (tertiary/aromatic N) is 2. The number of benzene rings is 2. The summed E-state index contributed by atoms with van der Waals surface area (Å²) in [6.07, 6.45) is 1.65. The molecule has 130 valence electrons. The van der Waals surface area contributed by atoms with Gasteiger partial charge in [-0.1, -0.05) is 24.3 Å². The van der Waals surface area contributed by atoms with Gasteiger partial charge in [-0.05, 0) is 6.07 Å². The van der Waals surface area contributed by atoms with Crippen LogP contribution in [0.3, 0.4) is 0 Å². The summed E-state index contributed by atoms with van der Waals surface area (Å²) in [5.74, 6) is -0.316. The van der Waals surface area contributed by atoms with E-state index in [9.17, 15) is 14.9 Å². The second kappa shape index (κ2) is 6.32. The van der Waals surface area contributed by atoms with Gasteiger partial charge in [0.05, 0.1) is 16.5 Å². The zero-order valence-corrected chi connectivity index (χ0v) is 13.4. The lowest BCUT2D eigenvalue weighted by molar-refractivity contribution is -0.385. The summed E-state index contributed by atoms with van der Waals surface area (Å²) in [4.78, 5) is 27.3. The van der Waals surface area contributed by atoms with Crippen molar-refractivity contribution in [2.45, 2.75) is 6.61 Å². The Morgan fingerprint density at radius 2 is 1.96 bits per heavy atom. The van der Waals surface area contributed by atoms with Gasteiger partial charge in [-0.15, -0.1) is 0 Å². The van der Waals surface area contributed by atoms with Crippen molar-refractivity contribution >= 4 is 22.6 Å². The van der Waals surface area contributed by atoms with E-state index in [1.165, 1.54) is 12.1 Å². The summed E-state index contributed by atoms with van der Waals surface area (Å²) in [6.45, 7) is -0.106. The predicted molar refractivity (Wildman–Crippen MR) is 90.1 cm³/mol. The van der Waals surface area contributed by atoms with Crippen molar-refractivity contribution in [1.29, 1.82) is 0 Å². The maximum Gasteiger partial charge on any atom is 0.345 e. The first kappa shape index (κ1) is 15.8. The van der Waals surface area contributed by atoms with Crippen LogP contribution in [-0.4, -0.2) is 22.7 Å². The van der Waals surface area contributed by atoms with E-state index in [1.807, 2.05) is 24.3 Å². The first-order chi connectivity index (χ1) is 12.6. The smallest absolute Gasteiger partial charge is 0.345 e. The molecule has 0 saturated heterocycles. The number of carbonyl (C=O) groups excluding carboxylic acids is 1. The molecule has 0 radical (unpaired) electrons. The lowest BCUT2D eigenvalue weighted by Gasteiger charge is -2.08. The average molecular weight is 352 g/mol. The van der Waals surface area contributed by atoms with Crippen LogP contribution in [0.15, 0.2) is 48.7 Å². The quantitative estimate of drug-likeness (QED) is 0.403. The Kier molecular flexibility index (Phi) is 3.85. The Morgan fingerprint density at radius 3 is 2.77 bits per heavy atom. The second-order valence-electron chi connectivity index (χ2n) is 5.55. The standard InChI is InChI=1S/C18H12N2O6/c21-18(13-7-15-16(26-10-25-15)8-14(13)20(22)23)24-9-12-4-1-3-11-5-2-6-19-17(11)12/h1-8H,9-10H2. The van der Waals surface area contributed by atoms with Gasteiger partial charge in [0, 0.05) is 23.2 Å². The molecular formula is C18H12N2O6. The molecule has 4 rings (SSSR count). The molecule has 0 spiro atoms. The average Bonchev–Trinajstić information content (AvgIpc) is 3.12. The highest BCUT2D eigenvalue weighted by Gasteiger charge is 2.28. The Bertz CT molecular complexity index is 1030. The molecule has 8 heteroatoms. The van der Waals surface area contributed by atoms with Gasteiger partial charge in [-0.25, -0.2) is 4.79 Å². The molecule has 0 amide bonds. The molecule has 26 heavy (non-hydrogen) atoms. The topological polar surface area (TPSA) is 101 Å². The van der Waals surface area contributed by atoms with Crippen LogP contribution in [-0.2, 0) is 11.3 Å². The maximum atomic E-state index is 12.4. The number of pyridine rings is 1. The van der Waals surface area contributed by atoms with Gasteiger partial charge >= 0.3 is 5.97 Å². The van der Waals surface area contributed by atoms with E-state index in [2.05, 4.69) is 4.98 Å². The lowest BCUT2D eigenvalue weighted by atomic mass is 10.1. The van der Waals surface area contributed by atoms with Crippen LogP contribution in [0, 0.1) is 10.1 Å². The predicted octanol–water partition coefficient (Wildman–Crippen LogP) is 3.23. The molecule has 2 heterocycles. The van der Waals surface area contributed by atoms with Crippen LogP contribution in [0.4, 0.5) is 5.69 Å². The lowest BCUT2D eigenvalue weighted by Crippen LogP contribution is -2.09. The second-order valence-corrected chi connectivity index (χ2v) is 5.55. The summed E-state index contributed by atoms with van der Waals surface area (Å²) in [5, 5.41) is 12.2. The van der Waals surface area contributed by atoms with E-state index in [4.69, 9.17) is 14.2 Å². The van der Waals surface area contributed by atoms with Gasteiger partial charge in [0.1, 0.15) is 12.2 Å². The zero-order chi connectivity index (χ0) is 18.1. The van der Waals surface area contributed by atoms with E-state index in [1.54, 1.807) is 12.3 Å². The van der Waals surface area contributed by atoms with Gasteiger partial charge in [-0.3, -0.25) is 15.1 Å². The van der Waals surface area contributed by atoms with Gasteiger partial charge in [-0.2, -0.15) is 0 Å². The summed E-state index contributed by atoms with van der Waals surface area (Å²) in [7, 11) is 0. The molecule has 0 atom stereocenters. The third-order valence-corrected chi connectivity index (χ3v) is 3.98. The number of para-hydroxylation sites is 1. The normalized spacial score (nSPS) is 12.2. The van der Waals surface area contributed by atoms with Crippen LogP contribution in [0.5, 0.6) is 11.5 Å². The van der Waals surface area contributed by atoms with Crippen LogP contribution >= 0.6 is 0 Å². The molecule has 8 nitrogen and oxygen atoms in total. The fourth-order valence-electron chi connectivity index (χ4n) is 2.75. The van der Waals surface area contributed by atoms with E-state index in [0.29, 0.717) is 11.1 Å². The molecule has 0 bridgehead atoms. The molecule has 1 aliphatic rings. The highest BCUT2D eigenvalue weighted by atomic mass is 16.7. The Hall–Kier alpha value is -3.68. The number of esters is 1. The molecule has 2 aromatic carbocycles. The van der Waals surface area contributed by atoms with Crippen LogP contribution in [0.25, 0.3) is 10.9 Å². The number of carbonyl (C=O) groups is 1. The largest absolute Gasteiger partial charge is 0.457 e. The van der Waals surface area contributed by atoms with Crippen molar-refractivity contribution in [2.75, 3.05) is 6.79 Å². The Morgan fingerprint density at radius 1 is 1.19 bits per heavy atom. The number of fused-ring (bicyclic) bond motifs is 2. The summed E-state index contributed by atoms with van der Waals surface area (Å²) in [6, 6.07) is 11.7. The molecule has 3 aromatic rings. The number of hydrogen-bond acceptors (Lipinski definition) is 7. The van der Waals surface area contributed by atoms with Gasteiger partial charge in [0.15, 0.2) is 11.5 Å². The molecule has 0 saturated carbocycles. The van der Waals surface area contributed by atoms with Gasteiger partial charge in [0.25, 0.3) is 5.69 Å². The van der Waals surface area contributed by atoms with Crippen LogP contribution in [0.1, 0.15) is 15.9 Å². The SMILES string of the molecule is O=C(OCc1cccc2cccnc12)c1cc2c(cc1[N+](=O)[O-])OCO2. The van der Waals surface area contributed by atoms with Crippen molar-refractivity contribution in [1.82, 2.24) is 4.98 Å². The van der Waals surface area contributed by atoms with Crippen molar-refractivity contribution in [3.8, 4) is 11.5 Å². The van der Waals surface area contributed by atoms with Crippen molar-refractivity contribution in [3.05, 3.63) is 69.9 Å². The minimum Gasteiger partial charge on any atom is -0.457 e. The Labute approximate surface area is 147 Å². The fraction of sp³-hybridized carbons (Fsp3) is 0.111. The van der Waals surface area contributed by atoms with Crippen molar-refractivity contribution in [2.24, 2.45) is 0 Å². The third kappa shape index (κ3) is 2.77. The minimum absolute atomic E-state index is 0.0489. The highest BCUT2D eigenvalue weighted by Crippen LogP contribution is 2.38.